The van der Waals surface area contributed by atoms with E-state index in [9.17, 15) is 14.9 Å². The highest BCUT2D eigenvalue weighted by Gasteiger charge is 2.24. The second-order valence-electron chi connectivity index (χ2n) is 10.5. The number of amides is 1. The molecule has 43 heavy (non-hydrogen) atoms. The molecule has 0 saturated carbocycles. The van der Waals surface area contributed by atoms with Crippen LogP contribution >= 0.6 is 47.0 Å². The van der Waals surface area contributed by atoms with Crippen molar-refractivity contribution >= 4 is 81.0 Å². The number of aromatic amines is 1. The van der Waals surface area contributed by atoms with Crippen LogP contribution in [0.25, 0.3) is 11.0 Å². The van der Waals surface area contributed by atoms with E-state index >= 15 is 0 Å². The summed E-state index contributed by atoms with van der Waals surface area (Å²) >= 11 is 24.2. The first-order valence-electron chi connectivity index (χ1n) is 13.4. The lowest BCUT2D eigenvalue weighted by molar-refractivity contribution is -0.383. The minimum atomic E-state index is -0.577. The number of hydrogen-bond acceptors (Lipinski definition) is 6. The Morgan fingerprint density at radius 3 is 2.51 bits per heavy atom. The molecule has 13 heteroatoms. The van der Waals surface area contributed by atoms with Gasteiger partial charge in [0.1, 0.15) is 5.69 Å². The number of rotatable bonds is 7. The number of allylic oxidation sites excluding steroid dienone is 1. The fraction of sp³-hybridized carbons (Fsp3) is 0.267. The molecule has 5 rings (SSSR count). The number of benzene rings is 3. The zero-order valence-electron chi connectivity index (χ0n) is 23.8. The number of aromatic nitrogens is 2. The van der Waals surface area contributed by atoms with Crippen LogP contribution in [0, 0.1) is 14.9 Å². The molecular weight excluding hydrogens is 631 g/mol. The summed E-state index contributed by atoms with van der Waals surface area (Å²) in [5.74, 6) is -0.577. The van der Waals surface area contributed by atoms with Crippen molar-refractivity contribution < 1.29 is 9.72 Å². The maximum atomic E-state index is 11.1. The fourth-order valence-corrected chi connectivity index (χ4v) is 5.87. The molecule has 0 radical (unpaired) electrons. The van der Waals surface area contributed by atoms with E-state index in [4.69, 9.17) is 52.8 Å². The Bertz CT molecular complexity index is 1780. The lowest BCUT2D eigenvalue weighted by atomic mass is 10.1. The summed E-state index contributed by atoms with van der Waals surface area (Å²) in [4.78, 5) is 27.3. The number of halogens is 3. The van der Waals surface area contributed by atoms with Gasteiger partial charge >= 0.3 is 0 Å². The van der Waals surface area contributed by atoms with Crippen LogP contribution in [0.2, 0.25) is 15.1 Å². The normalized spacial score (nSPS) is 14.4. The van der Waals surface area contributed by atoms with Crippen molar-refractivity contribution in [2.24, 2.45) is 5.73 Å². The number of imidazole rings is 1. The number of primary amides is 1. The summed E-state index contributed by atoms with van der Waals surface area (Å²) in [6.45, 7) is 9.21. The van der Waals surface area contributed by atoms with Crippen molar-refractivity contribution in [1.82, 2.24) is 14.5 Å². The quantitative estimate of drug-likeness (QED) is 0.0794. The van der Waals surface area contributed by atoms with E-state index in [1.807, 2.05) is 12.1 Å². The minimum Gasteiger partial charge on any atom is -0.369 e. The number of para-hydroxylation sites is 2. The number of carbonyl (C=O) groups is 1. The number of nitrogens with zero attached hydrogens (tertiary/aromatic N) is 3. The van der Waals surface area contributed by atoms with Crippen LogP contribution < -0.4 is 11.1 Å². The van der Waals surface area contributed by atoms with Gasteiger partial charge in [-0.05, 0) is 63.3 Å². The van der Waals surface area contributed by atoms with Crippen LogP contribution in [0.3, 0.4) is 0 Å². The van der Waals surface area contributed by atoms with E-state index in [1.165, 1.54) is 22.7 Å². The SMILES string of the molecule is CC(C)=CCN1Cc2c(Cl)ccc3[nH]c(=S)n(c23)C[C@@H]1C.NC(=O)Cc1c(Cl)ccc(Nc2ccccc2[N+](=O)[O-])c1Cl. The van der Waals surface area contributed by atoms with E-state index in [0.717, 1.165) is 34.9 Å². The number of nitro groups is 1. The standard InChI is InChI=1S/C16H20ClN3S.C14H11Cl2N3O3/c1-10(2)6-7-19-9-12-13(17)4-5-14-15(12)20(8-11(19)3)16(21)18-14;15-9-5-6-11(14(16)8(9)7-13(17)20)18-10-3-1-2-4-12(10)19(21)22/h4-6,11H,7-9H2,1-3H3,(H,18,21);1-6,18H,7H2,(H2,17,20)/t11-;/m0./s1. The summed E-state index contributed by atoms with van der Waals surface area (Å²) in [6, 6.07) is 13.7. The van der Waals surface area contributed by atoms with Gasteiger partial charge in [-0.15, -0.1) is 0 Å². The molecule has 1 aliphatic heterocycles. The molecule has 1 amide bonds. The molecule has 9 nitrogen and oxygen atoms in total. The summed E-state index contributed by atoms with van der Waals surface area (Å²) in [6.07, 6.45) is 2.15. The monoisotopic (exact) mass is 660 g/mol. The van der Waals surface area contributed by atoms with Crippen molar-refractivity contribution in [3.8, 4) is 0 Å². The average molecular weight is 662 g/mol. The van der Waals surface area contributed by atoms with Crippen LogP contribution in [-0.4, -0.2) is 37.9 Å². The molecule has 2 heterocycles. The Balaban J connectivity index is 0.000000197. The Morgan fingerprint density at radius 2 is 1.84 bits per heavy atom. The van der Waals surface area contributed by atoms with Crippen LogP contribution in [-0.2, 0) is 24.3 Å². The number of nitrogens with one attached hydrogen (secondary N) is 2. The van der Waals surface area contributed by atoms with Gasteiger partial charge < -0.3 is 20.6 Å². The van der Waals surface area contributed by atoms with Gasteiger partial charge in [0.05, 0.1) is 33.1 Å². The number of carbonyl (C=O) groups excluding carboxylic acids is 1. The molecule has 0 aliphatic carbocycles. The predicted molar refractivity (Wildman–Crippen MR) is 177 cm³/mol. The molecule has 4 N–H and O–H groups in total. The Hall–Kier alpha value is -3.41. The van der Waals surface area contributed by atoms with E-state index in [2.05, 4.69) is 46.6 Å². The first-order valence-corrected chi connectivity index (χ1v) is 14.9. The molecular formula is C30H31Cl3N6O3S. The van der Waals surface area contributed by atoms with Gasteiger partial charge in [0.2, 0.25) is 5.91 Å². The van der Waals surface area contributed by atoms with Gasteiger partial charge in [-0.2, -0.15) is 0 Å². The molecule has 4 aromatic rings. The summed E-state index contributed by atoms with van der Waals surface area (Å²) in [7, 11) is 0. The third-order valence-corrected chi connectivity index (χ3v) is 8.52. The zero-order valence-corrected chi connectivity index (χ0v) is 26.9. The van der Waals surface area contributed by atoms with Gasteiger partial charge in [-0.25, -0.2) is 0 Å². The second kappa shape index (κ2) is 13.9. The molecule has 0 saturated heterocycles. The van der Waals surface area contributed by atoms with E-state index in [0.29, 0.717) is 22.3 Å². The summed E-state index contributed by atoms with van der Waals surface area (Å²) in [5.41, 5.74) is 10.9. The predicted octanol–water partition coefficient (Wildman–Crippen LogP) is 8.20. The fourth-order valence-electron chi connectivity index (χ4n) is 4.83. The number of anilines is 2. The Labute approximate surface area is 269 Å². The minimum absolute atomic E-state index is 0.0926. The molecule has 3 aromatic carbocycles. The van der Waals surface area contributed by atoms with Crippen molar-refractivity contribution in [2.45, 2.75) is 46.3 Å². The lowest BCUT2D eigenvalue weighted by Crippen LogP contribution is -2.34. The topological polar surface area (TPSA) is 122 Å². The third-order valence-electron chi connectivity index (χ3n) is 7.05. The van der Waals surface area contributed by atoms with Gasteiger partial charge in [-0.1, -0.05) is 58.6 Å². The number of H-pyrrole nitrogens is 1. The first kappa shape index (κ1) is 32.5. The first-order chi connectivity index (χ1) is 20.4. The van der Waals surface area contributed by atoms with E-state index < -0.39 is 10.8 Å². The van der Waals surface area contributed by atoms with Crippen LogP contribution in [0.1, 0.15) is 31.9 Å². The van der Waals surface area contributed by atoms with Crippen molar-refractivity contribution in [1.29, 1.82) is 0 Å². The van der Waals surface area contributed by atoms with Crippen LogP contribution in [0.5, 0.6) is 0 Å². The number of hydrogen-bond donors (Lipinski definition) is 3. The summed E-state index contributed by atoms with van der Waals surface area (Å²) in [5, 5.41) is 15.2. The molecule has 0 unspecified atom stereocenters. The third kappa shape index (κ3) is 7.57. The van der Waals surface area contributed by atoms with Crippen molar-refractivity contribution in [3.05, 3.63) is 101 Å². The van der Waals surface area contributed by atoms with E-state index in [1.54, 1.807) is 30.3 Å². The van der Waals surface area contributed by atoms with Gasteiger partial charge in [0, 0.05) is 52.9 Å². The van der Waals surface area contributed by atoms with Crippen molar-refractivity contribution in [3.63, 3.8) is 0 Å². The Kier molecular flexibility index (Phi) is 10.5. The van der Waals surface area contributed by atoms with Gasteiger partial charge in [0.15, 0.2) is 4.77 Å². The van der Waals surface area contributed by atoms with Gasteiger partial charge in [-0.3, -0.25) is 19.8 Å². The van der Waals surface area contributed by atoms with Crippen LogP contribution in [0.15, 0.2) is 60.2 Å². The number of nitrogens with two attached hydrogens (primary N) is 1. The van der Waals surface area contributed by atoms with Crippen molar-refractivity contribution in [2.75, 3.05) is 11.9 Å². The highest BCUT2D eigenvalue weighted by atomic mass is 35.5. The molecule has 0 bridgehead atoms. The molecule has 0 spiro atoms. The highest BCUT2D eigenvalue weighted by molar-refractivity contribution is 7.71. The molecule has 1 atom stereocenters. The number of nitro benzene ring substituents is 1. The maximum Gasteiger partial charge on any atom is 0.292 e. The average Bonchev–Trinajstić information content (AvgIpc) is 3.17. The largest absolute Gasteiger partial charge is 0.369 e. The lowest BCUT2D eigenvalue weighted by Gasteiger charge is -2.26. The summed E-state index contributed by atoms with van der Waals surface area (Å²) < 4.78 is 2.98. The Morgan fingerprint density at radius 1 is 1.14 bits per heavy atom. The van der Waals surface area contributed by atoms with Gasteiger partial charge in [0.25, 0.3) is 5.69 Å². The smallest absolute Gasteiger partial charge is 0.292 e. The molecule has 0 fully saturated rings. The van der Waals surface area contributed by atoms with Crippen LogP contribution in [0.4, 0.5) is 17.1 Å². The zero-order chi connectivity index (χ0) is 31.4. The van der Waals surface area contributed by atoms with E-state index in [-0.39, 0.29) is 22.8 Å². The molecule has 1 aromatic heterocycles. The molecule has 1 aliphatic rings. The maximum absolute atomic E-state index is 11.1. The molecule has 226 valence electrons. The highest BCUT2D eigenvalue weighted by Crippen LogP contribution is 2.36. The second-order valence-corrected chi connectivity index (χ2v) is 12.0.